The van der Waals surface area contributed by atoms with E-state index in [9.17, 15) is 31.1 Å². The van der Waals surface area contributed by atoms with Crippen molar-refractivity contribution in [1.29, 1.82) is 0 Å². The second kappa shape index (κ2) is 9.60. The number of carbonyl (C=O) groups is 1. The van der Waals surface area contributed by atoms with Gasteiger partial charge in [-0.25, -0.2) is 0 Å². The van der Waals surface area contributed by atoms with Crippen molar-refractivity contribution in [1.82, 2.24) is 15.2 Å². The minimum Gasteiger partial charge on any atom is -0.304 e. The molecule has 1 atom stereocenters. The van der Waals surface area contributed by atoms with E-state index in [1.54, 1.807) is 12.1 Å². The molecule has 1 fully saturated rings. The Kier molecular flexibility index (Phi) is 7.23. The Hall–Kier alpha value is -2.79. The molecule has 33 heavy (non-hydrogen) atoms. The van der Waals surface area contributed by atoms with Crippen LogP contribution in [0.3, 0.4) is 0 Å². The first-order chi connectivity index (χ1) is 15.4. The number of nitrogens with zero attached hydrogens (tertiary/aromatic N) is 2. The summed E-state index contributed by atoms with van der Waals surface area (Å²) in [5.41, 5.74) is 2.66. The summed E-state index contributed by atoms with van der Waals surface area (Å²) in [6.45, 7) is 4.41. The molecule has 1 unspecified atom stereocenters. The molecule has 11 heteroatoms. The van der Waals surface area contributed by atoms with Crippen molar-refractivity contribution in [3.63, 3.8) is 0 Å². The summed E-state index contributed by atoms with van der Waals surface area (Å²) in [6, 6.07) is 7.52. The van der Waals surface area contributed by atoms with Crippen LogP contribution in [0.5, 0.6) is 0 Å². The highest BCUT2D eigenvalue weighted by atomic mass is 19.4. The van der Waals surface area contributed by atoms with Gasteiger partial charge in [0.15, 0.2) is 0 Å². The van der Waals surface area contributed by atoms with E-state index in [1.807, 2.05) is 31.0 Å². The van der Waals surface area contributed by atoms with Crippen LogP contribution < -0.4 is 10.9 Å². The van der Waals surface area contributed by atoms with Crippen molar-refractivity contribution in [2.24, 2.45) is 0 Å². The molecule has 180 valence electrons. The van der Waals surface area contributed by atoms with E-state index in [1.165, 1.54) is 0 Å². The fourth-order valence-corrected chi connectivity index (χ4v) is 3.71. The largest absolute Gasteiger partial charge is 0.416 e. The van der Waals surface area contributed by atoms with Gasteiger partial charge >= 0.3 is 12.4 Å². The molecule has 0 aromatic heterocycles. The van der Waals surface area contributed by atoms with Gasteiger partial charge in [0, 0.05) is 26.2 Å². The Morgan fingerprint density at radius 1 is 0.909 bits per heavy atom. The lowest BCUT2D eigenvalue weighted by molar-refractivity contribution is -0.143. The smallest absolute Gasteiger partial charge is 0.304 e. The highest BCUT2D eigenvalue weighted by molar-refractivity contribution is 5.84. The maximum atomic E-state index is 13.1. The number of alkyl halides is 6. The number of hydrazine groups is 1. The number of anilines is 1. The average molecular weight is 474 g/mol. The predicted octanol–water partition coefficient (Wildman–Crippen LogP) is 4.46. The van der Waals surface area contributed by atoms with Crippen LogP contribution in [-0.2, 0) is 17.1 Å². The summed E-state index contributed by atoms with van der Waals surface area (Å²) >= 11 is 0. The summed E-state index contributed by atoms with van der Waals surface area (Å²) in [7, 11) is 1.95. The minimum atomic E-state index is -4.98. The van der Waals surface area contributed by atoms with Crippen LogP contribution in [0.4, 0.5) is 32.0 Å². The third-order valence-electron chi connectivity index (χ3n) is 5.55. The van der Waals surface area contributed by atoms with Crippen molar-refractivity contribution in [3.8, 4) is 0 Å². The van der Waals surface area contributed by atoms with Gasteiger partial charge in [0.1, 0.15) is 6.04 Å². The number of piperazine rings is 1. The van der Waals surface area contributed by atoms with E-state index in [0.29, 0.717) is 43.9 Å². The van der Waals surface area contributed by atoms with Crippen LogP contribution in [0.15, 0.2) is 42.5 Å². The van der Waals surface area contributed by atoms with Crippen molar-refractivity contribution < 1.29 is 31.1 Å². The van der Waals surface area contributed by atoms with Crippen molar-refractivity contribution >= 4 is 11.6 Å². The number of hydrogen-bond acceptors (Lipinski definition) is 4. The van der Waals surface area contributed by atoms with Gasteiger partial charge in [-0.3, -0.25) is 20.5 Å². The highest BCUT2D eigenvalue weighted by Gasteiger charge is 2.37. The molecule has 5 nitrogen and oxygen atoms in total. The molecule has 1 aliphatic heterocycles. The number of nitrogens with one attached hydrogen (secondary N) is 2. The summed E-state index contributed by atoms with van der Waals surface area (Å²) in [4.78, 5) is 17.2. The van der Waals surface area contributed by atoms with Gasteiger partial charge in [-0.05, 0) is 43.3 Å². The van der Waals surface area contributed by atoms with Crippen LogP contribution >= 0.6 is 0 Å². The third kappa shape index (κ3) is 6.17. The lowest BCUT2D eigenvalue weighted by Crippen LogP contribution is -2.50. The summed E-state index contributed by atoms with van der Waals surface area (Å²) in [5, 5.41) is 0. The molecular weight excluding hydrogens is 450 g/mol. The maximum absolute atomic E-state index is 13.1. The Bertz CT molecular complexity index is 951. The summed E-state index contributed by atoms with van der Waals surface area (Å²) < 4.78 is 78.7. The average Bonchev–Trinajstić information content (AvgIpc) is 2.73. The van der Waals surface area contributed by atoms with Gasteiger partial charge in [0.25, 0.3) is 5.91 Å². The molecule has 2 aromatic rings. The predicted molar refractivity (Wildman–Crippen MR) is 111 cm³/mol. The van der Waals surface area contributed by atoms with Gasteiger partial charge in [-0.2, -0.15) is 26.3 Å². The fraction of sp³-hybridized carbons (Fsp3) is 0.409. The molecule has 3 rings (SSSR count). The van der Waals surface area contributed by atoms with Crippen LogP contribution in [0.1, 0.15) is 28.3 Å². The van der Waals surface area contributed by atoms with E-state index in [-0.39, 0.29) is 6.07 Å². The van der Waals surface area contributed by atoms with Crippen LogP contribution in [0.25, 0.3) is 0 Å². The molecule has 1 aliphatic rings. The third-order valence-corrected chi connectivity index (χ3v) is 5.55. The Morgan fingerprint density at radius 2 is 1.45 bits per heavy atom. The van der Waals surface area contributed by atoms with E-state index >= 15 is 0 Å². The van der Waals surface area contributed by atoms with E-state index in [2.05, 4.69) is 15.8 Å². The number of rotatable bonds is 5. The van der Waals surface area contributed by atoms with E-state index < -0.39 is 41.1 Å². The lowest BCUT2D eigenvalue weighted by Gasteiger charge is -2.37. The second-order valence-corrected chi connectivity index (χ2v) is 8.01. The SMILES string of the molecule is Cc1ccccc1C(C(=O)NNc1cc(C(F)(F)F)cc(C(F)(F)F)c1)N1CCN(C)CC1. The van der Waals surface area contributed by atoms with Crippen molar-refractivity contribution in [3.05, 3.63) is 64.7 Å². The second-order valence-electron chi connectivity index (χ2n) is 8.01. The summed E-state index contributed by atoms with van der Waals surface area (Å²) in [5.74, 6) is -0.583. The van der Waals surface area contributed by atoms with Crippen molar-refractivity contribution in [2.45, 2.75) is 25.3 Å². The minimum absolute atomic E-state index is 0.0351. The molecule has 1 amide bonds. The summed E-state index contributed by atoms with van der Waals surface area (Å²) in [6.07, 6.45) is -9.96. The quantitative estimate of drug-likeness (QED) is 0.496. The van der Waals surface area contributed by atoms with Crippen molar-refractivity contribution in [2.75, 3.05) is 38.7 Å². The maximum Gasteiger partial charge on any atom is 0.416 e. The van der Waals surface area contributed by atoms with Crippen LogP contribution in [0, 0.1) is 6.92 Å². The number of aryl methyl sites for hydroxylation is 1. The Labute approximate surface area is 187 Å². The number of amides is 1. The number of likely N-dealkylation sites (N-methyl/N-ethyl adjacent to an activating group) is 1. The molecule has 1 heterocycles. The molecule has 0 bridgehead atoms. The van der Waals surface area contributed by atoms with Gasteiger partial charge in [-0.1, -0.05) is 24.3 Å². The van der Waals surface area contributed by atoms with E-state index in [4.69, 9.17) is 0 Å². The molecule has 0 saturated carbocycles. The zero-order valence-electron chi connectivity index (χ0n) is 18.0. The molecule has 0 radical (unpaired) electrons. The number of hydrogen-bond donors (Lipinski definition) is 2. The molecule has 0 spiro atoms. The monoisotopic (exact) mass is 474 g/mol. The molecule has 2 N–H and O–H groups in total. The standard InChI is InChI=1S/C22H24F6N4O/c1-14-5-3-4-6-18(14)19(32-9-7-31(2)8-10-32)20(33)30-29-17-12-15(21(23,24)25)11-16(13-17)22(26,27)28/h3-6,11-13,19,29H,7-10H2,1-2H3,(H,30,33). The van der Waals surface area contributed by atoms with Gasteiger partial charge < -0.3 is 4.90 Å². The van der Waals surface area contributed by atoms with Gasteiger partial charge in [0.05, 0.1) is 16.8 Å². The first-order valence-corrected chi connectivity index (χ1v) is 10.2. The highest BCUT2D eigenvalue weighted by Crippen LogP contribution is 2.37. The van der Waals surface area contributed by atoms with Crippen LogP contribution in [-0.4, -0.2) is 48.9 Å². The normalized spacial score (nSPS) is 17.0. The molecule has 1 saturated heterocycles. The number of halogens is 6. The fourth-order valence-electron chi connectivity index (χ4n) is 3.71. The number of carbonyl (C=O) groups excluding carboxylic acids is 1. The zero-order chi connectivity index (χ0) is 24.4. The molecular formula is C22H24F6N4O. The van der Waals surface area contributed by atoms with E-state index in [0.717, 1.165) is 5.56 Å². The first kappa shape index (κ1) is 24.8. The molecule has 2 aromatic carbocycles. The molecule has 0 aliphatic carbocycles. The Balaban J connectivity index is 1.86. The van der Waals surface area contributed by atoms with Gasteiger partial charge in [-0.15, -0.1) is 0 Å². The van der Waals surface area contributed by atoms with Crippen LogP contribution in [0.2, 0.25) is 0 Å². The number of benzene rings is 2. The topological polar surface area (TPSA) is 47.6 Å². The Morgan fingerprint density at radius 3 is 1.97 bits per heavy atom. The van der Waals surface area contributed by atoms with Gasteiger partial charge in [0.2, 0.25) is 0 Å². The lowest BCUT2D eigenvalue weighted by atomic mass is 9.98. The zero-order valence-corrected chi connectivity index (χ0v) is 18.0. The first-order valence-electron chi connectivity index (χ1n) is 10.2.